The van der Waals surface area contributed by atoms with Crippen LogP contribution in [0.5, 0.6) is 0 Å². The van der Waals surface area contributed by atoms with Gasteiger partial charge in [0.25, 0.3) is 5.56 Å². The number of carbonyl (C=O) groups is 1. The van der Waals surface area contributed by atoms with E-state index in [2.05, 4.69) is 4.90 Å². The van der Waals surface area contributed by atoms with Gasteiger partial charge in [-0.15, -0.1) is 0 Å². The van der Waals surface area contributed by atoms with Crippen molar-refractivity contribution >= 4 is 5.97 Å². The molecule has 3 heterocycles. The Morgan fingerprint density at radius 1 is 1.22 bits per heavy atom. The molecule has 0 radical (unpaired) electrons. The topological polar surface area (TPSA) is 71.8 Å². The zero-order chi connectivity index (χ0) is 22.4. The number of aromatic nitrogens is 1. The largest absolute Gasteiger partial charge is 0.468 e. The summed E-state index contributed by atoms with van der Waals surface area (Å²) in [6.45, 7) is 1.06. The van der Waals surface area contributed by atoms with Gasteiger partial charge in [-0.25, -0.2) is 4.39 Å². The molecule has 2 aromatic rings. The number of hydrogen-bond donors (Lipinski definition) is 1. The van der Waals surface area contributed by atoms with Crippen LogP contribution in [0.3, 0.4) is 0 Å². The summed E-state index contributed by atoms with van der Waals surface area (Å²) >= 11 is 0. The number of aliphatic hydroxyl groups is 1. The van der Waals surface area contributed by atoms with Crippen molar-refractivity contribution in [1.29, 1.82) is 0 Å². The summed E-state index contributed by atoms with van der Waals surface area (Å²) in [5.41, 5.74) is 1.72. The number of likely N-dealkylation sites (tertiary alicyclic amines) is 1. The molecule has 6 nitrogen and oxygen atoms in total. The fourth-order valence-electron chi connectivity index (χ4n) is 6.27. The van der Waals surface area contributed by atoms with E-state index in [0.717, 1.165) is 25.1 Å². The predicted octanol–water partition coefficient (Wildman–Crippen LogP) is 2.98. The molecule has 5 rings (SSSR count). The van der Waals surface area contributed by atoms with E-state index >= 15 is 0 Å². The van der Waals surface area contributed by atoms with Crippen LogP contribution in [-0.4, -0.2) is 46.8 Å². The number of pyridine rings is 1. The van der Waals surface area contributed by atoms with Gasteiger partial charge in [-0.05, 0) is 48.6 Å². The first-order valence-corrected chi connectivity index (χ1v) is 11.5. The standard InChI is InChI=1S/C25H29FN2O4/c1-32-25(31)23-20(14-29)19-13-27-21(22(19)28(23)12-15-5-2-3-6-15)10-9-18(24(27)30)16-7-4-8-17(26)11-16/h4,7-11,15,19-20,22-23,29H,2-3,5-6,12-14H2,1H3/t19-,20-,22+,23-/m0/s1. The Balaban J connectivity index is 1.57. The maximum Gasteiger partial charge on any atom is 0.323 e. The maximum atomic E-state index is 13.8. The fourth-order valence-corrected chi connectivity index (χ4v) is 6.27. The van der Waals surface area contributed by atoms with Crippen LogP contribution in [0.4, 0.5) is 4.39 Å². The smallest absolute Gasteiger partial charge is 0.323 e. The fraction of sp³-hybridized carbons (Fsp3) is 0.520. The van der Waals surface area contributed by atoms with Crippen LogP contribution >= 0.6 is 0 Å². The lowest BCUT2D eigenvalue weighted by atomic mass is 9.88. The molecule has 1 aromatic heterocycles. The number of esters is 1. The molecule has 1 aromatic carbocycles. The quantitative estimate of drug-likeness (QED) is 0.724. The summed E-state index contributed by atoms with van der Waals surface area (Å²) in [4.78, 5) is 28.3. The van der Waals surface area contributed by atoms with Crippen LogP contribution < -0.4 is 5.56 Å². The monoisotopic (exact) mass is 440 g/mol. The van der Waals surface area contributed by atoms with Crippen molar-refractivity contribution in [3.8, 4) is 11.1 Å². The van der Waals surface area contributed by atoms with Gasteiger partial charge in [-0.1, -0.05) is 25.0 Å². The zero-order valence-corrected chi connectivity index (χ0v) is 18.2. The van der Waals surface area contributed by atoms with Gasteiger partial charge in [0, 0.05) is 42.8 Å². The normalized spacial score (nSPS) is 27.5. The Hall–Kier alpha value is -2.51. The van der Waals surface area contributed by atoms with Gasteiger partial charge in [0.2, 0.25) is 0 Å². The Morgan fingerprint density at radius 3 is 2.69 bits per heavy atom. The minimum absolute atomic E-state index is 0.0547. The van der Waals surface area contributed by atoms with Gasteiger partial charge < -0.3 is 14.4 Å². The van der Waals surface area contributed by atoms with Crippen LogP contribution in [-0.2, 0) is 16.1 Å². The van der Waals surface area contributed by atoms with Crippen molar-refractivity contribution in [1.82, 2.24) is 9.47 Å². The number of methoxy groups -OCH3 is 1. The number of halogens is 1. The molecule has 0 amide bonds. The molecule has 0 spiro atoms. The van der Waals surface area contributed by atoms with Crippen LogP contribution in [0.25, 0.3) is 11.1 Å². The van der Waals surface area contributed by atoms with Crippen LogP contribution in [0, 0.1) is 23.6 Å². The molecule has 32 heavy (non-hydrogen) atoms. The molecule has 1 aliphatic carbocycles. The van der Waals surface area contributed by atoms with E-state index in [4.69, 9.17) is 4.74 Å². The summed E-state index contributed by atoms with van der Waals surface area (Å²) < 4.78 is 20.6. The Bertz CT molecular complexity index is 1080. The third-order valence-electron chi connectivity index (χ3n) is 7.71. The molecule has 2 fully saturated rings. The van der Waals surface area contributed by atoms with Crippen molar-refractivity contribution in [3.63, 3.8) is 0 Å². The lowest BCUT2D eigenvalue weighted by molar-refractivity contribution is -0.148. The highest BCUT2D eigenvalue weighted by atomic mass is 19.1. The van der Waals surface area contributed by atoms with E-state index < -0.39 is 6.04 Å². The van der Waals surface area contributed by atoms with Gasteiger partial charge in [-0.2, -0.15) is 0 Å². The van der Waals surface area contributed by atoms with Gasteiger partial charge in [0.1, 0.15) is 11.9 Å². The summed E-state index contributed by atoms with van der Waals surface area (Å²) in [7, 11) is 1.39. The van der Waals surface area contributed by atoms with E-state index in [1.807, 2.05) is 6.07 Å². The van der Waals surface area contributed by atoms with Crippen LogP contribution in [0.15, 0.2) is 41.2 Å². The number of rotatable bonds is 5. The van der Waals surface area contributed by atoms with E-state index in [-0.39, 0.29) is 41.8 Å². The number of ether oxygens (including phenoxy) is 1. The summed E-state index contributed by atoms with van der Waals surface area (Å²) in [5.74, 6) is -0.547. The summed E-state index contributed by atoms with van der Waals surface area (Å²) in [6.07, 6.45) is 4.67. The molecule has 7 heteroatoms. The van der Waals surface area contributed by atoms with Crippen molar-refractivity contribution in [2.75, 3.05) is 20.3 Å². The Labute approximate surface area is 186 Å². The molecule has 1 saturated carbocycles. The minimum atomic E-state index is -0.507. The first-order valence-electron chi connectivity index (χ1n) is 11.5. The number of nitrogens with zero attached hydrogens (tertiary/aromatic N) is 2. The number of hydrogen-bond acceptors (Lipinski definition) is 5. The summed E-state index contributed by atoms with van der Waals surface area (Å²) in [6, 6.07) is 9.13. The minimum Gasteiger partial charge on any atom is -0.468 e. The van der Waals surface area contributed by atoms with Crippen LogP contribution in [0.1, 0.15) is 37.4 Å². The lowest BCUT2D eigenvalue weighted by Crippen LogP contribution is -2.45. The average molecular weight is 441 g/mol. The van der Waals surface area contributed by atoms with Crippen molar-refractivity contribution in [2.45, 2.75) is 44.3 Å². The van der Waals surface area contributed by atoms with Crippen molar-refractivity contribution in [2.24, 2.45) is 17.8 Å². The van der Waals surface area contributed by atoms with Crippen molar-refractivity contribution < 1.29 is 19.0 Å². The number of fused-ring (bicyclic) bond motifs is 3. The van der Waals surface area contributed by atoms with Gasteiger partial charge >= 0.3 is 5.97 Å². The first kappa shape index (κ1) is 21.3. The highest BCUT2D eigenvalue weighted by Crippen LogP contribution is 2.50. The zero-order valence-electron chi connectivity index (χ0n) is 18.2. The second-order valence-electron chi connectivity index (χ2n) is 9.37. The molecule has 170 valence electrons. The van der Waals surface area contributed by atoms with E-state index in [9.17, 15) is 19.1 Å². The van der Waals surface area contributed by atoms with Crippen molar-refractivity contribution in [3.05, 3.63) is 58.3 Å². The second-order valence-corrected chi connectivity index (χ2v) is 9.37. The molecule has 1 N–H and O–H groups in total. The lowest BCUT2D eigenvalue weighted by Gasteiger charge is -2.32. The third kappa shape index (κ3) is 3.39. The van der Waals surface area contributed by atoms with Gasteiger partial charge in [0.05, 0.1) is 13.2 Å². The molecule has 3 aliphatic rings. The second kappa shape index (κ2) is 8.45. The Morgan fingerprint density at radius 2 is 2.00 bits per heavy atom. The molecular weight excluding hydrogens is 411 g/mol. The molecule has 1 saturated heterocycles. The maximum absolute atomic E-state index is 13.8. The van der Waals surface area contributed by atoms with Gasteiger partial charge in [-0.3, -0.25) is 14.5 Å². The molecule has 0 unspecified atom stereocenters. The number of aliphatic hydroxyl groups excluding tert-OH is 1. The van der Waals surface area contributed by atoms with E-state index in [1.54, 1.807) is 22.8 Å². The predicted molar refractivity (Wildman–Crippen MR) is 117 cm³/mol. The SMILES string of the molecule is COC(=O)[C@@H]1[C@@H](CO)[C@@H]2Cn3c(ccc(-c4cccc(F)c4)c3=O)[C@@H]2N1CC1CCCC1. The molecular formula is C25H29FN2O4. The average Bonchev–Trinajstić information content (AvgIpc) is 3.50. The van der Waals surface area contributed by atoms with Gasteiger partial charge in [0.15, 0.2) is 0 Å². The van der Waals surface area contributed by atoms with Crippen LogP contribution in [0.2, 0.25) is 0 Å². The Kier molecular flexibility index (Phi) is 5.63. The highest BCUT2D eigenvalue weighted by Gasteiger charge is 2.56. The third-order valence-corrected chi connectivity index (χ3v) is 7.71. The highest BCUT2D eigenvalue weighted by molar-refractivity contribution is 5.77. The number of benzene rings is 1. The molecule has 0 bridgehead atoms. The van der Waals surface area contributed by atoms with E-state index in [0.29, 0.717) is 23.6 Å². The first-order chi connectivity index (χ1) is 15.5. The molecule has 4 atom stereocenters. The summed E-state index contributed by atoms with van der Waals surface area (Å²) in [5, 5.41) is 10.3. The number of carbonyl (C=O) groups excluding carboxylic acids is 1. The molecule has 2 aliphatic heterocycles. The van der Waals surface area contributed by atoms with E-state index in [1.165, 1.54) is 32.1 Å².